The van der Waals surface area contributed by atoms with Gasteiger partial charge in [0.25, 0.3) is 0 Å². The summed E-state index contributed by atoms with van der Waals surface area (Å²) in [7, 11) is 0. The maximum absolute atomic E-state index is 4.48. The van der Waals surface area contributed by atoms with Gasteiger partial charge in [-0.1, -0.05) is 12.8 Å². The number of pyridine rings is 1. The van der Waals surface area contributed by atoms with E-state index in [-0.39, 0.29) is 0 Å². The molecule has 0 aliphatic heterocycles. The van der Waals surface area contributed by atoms with Crippen LogP contribution in [0.3, 0.4) is 0 Å². The predicted molar refractivity (Wildman–Crippen MR) is 62.8 cm³/mol. The molecule has 1 aliphatic rings. The van der Waals surface area contributed by atoms with Crippen LogP contribution in [0.25, 0.3) is 0 Å². The van der Waals surface area contributed by atoms with Gasteiger partial charge in [0.2, 0.25) is 0 Å². The van der Waals surface area contributed by atoms with Crippen molar-refractivity contribution in [3.63, 3.8) is 0 Å². The number of aromatic nitrogens is 1. The van der Waals surface area contributed by atoms with Crippen molar-refractivity contribution in [2.75, 3.05) is 0 Å². The van der Waals surface area contributed by atoms with Crippen LogP contribution >= 0.6 is 22.6 Å². The van der Waals surface area contributed by atoms with E-state index in [1.54, 1.807) is 0 Å². The molecule has 1 aliphatic carbocycles. The Morgan fingerprint density at radius 2 is 1.85 bits per heavy atom. The fourth-order valence-corrected chi connectivity index (χ4v) is 2.68. The Balaban J connectivity index is 2.33. The van der Waals surface area contributed by atoms with Gasteiger partial charge in [-0.05, 0) is 59.9 Å². The number of rotatable bonds is 0. The normalized spacial score (nSPS) is 17.3. The number of fused-ring (bicyclic) bond motifs is 1. The van der Waals surface area contributed by atoms with Crippen LogP contribution in [0.5, 0.6) is 0 Å². The Labute approximate surface area is 93.1 Å². The van der Waals surface area contributed by atoms with Gasteiger partial charge in [0.1, 0.15) is 0 Å². The van der Waals surface area contributed by atoms with E-state index < -0.39 is 0 Å². The standard InChI is InChI=1S/C11H14IN/c12-10-7-8-13-11-6-4-2-1-3-5-9(10)11/h7-8H,1-6H2. The smallest absolute Gasteiger partial charge is 0.0446 e. The van der Waals surface area contributed by atoms with Crippen molar-refractivity contribution < 1.29 is 0 Å². The van der Waals surface area contributed by atoms with Crippen molar-refractivity contribution in [1.82, 2.24) is 4.98 Å². The first kappa shape index (κ1) is 9.44. The fourth-order valence-electron chi connectivity index (χ4n) is 1.94. The summed E-state index contributed by atoms with van der Waals surface area (Å²) in [5.74, 6) is 0. The Kier molecular flexibility index (Phi) is 3.19. The average molecular weight is 287 g/mol. The van der Waals surface area contributed by atoms with Crippen molar-refractivity contribution in [3.05, 3.63) is 27.1 Å². The molecule has 0 bridgehead atoms. The lowest BCUT2D eigenvalue weighted by molar-refractivity contribution is 0.607. The van der Waals surface area contributed by atoms with Crippen molar-refractivity contribution >= 4 is 22.6 Å². The van der Waals surface area contributed by atoms with Gasteiger partial charge >= 0.3 is 0 Å². The second-order valence-corrected chi connectivity index (χ2v) is 4.79. The van der Waals surface area contributed by atoms with Crippen molar-refractivity contribution in [2.24, 2.45) is 0 Å². The predicted octanol–water partition coefficient (Wildman–Crippen LogP) is 3.35. The molecule has 0 radical (unpaired) electrons. The second-order valence-electron chi connectivity index (χ2n) is 3.63. The topological polar surface area (TPSA) is 12.9 Å². The van der Waals surface area contributed by atoms with E-state index in [1.165, 1.54) is 53.4 Å². The van der Waals surface area contributed by atoms with Crippen LogP contribution in [0.1, 0.15) is 36.9 Å². The van der Waals surface area contributed by atoms with E-state index in [1.807, 2.05) is 6.20 Å². The third kappa shape index (κ3) is 2.22. The van der Waals surface area contributed by atoms with Gasteiger partial charge in [0, 0.05) is 15.5 Å². The highest BCUT2D eigenvalue weighted by Crippen LogP contribution is 2.22. The first-order valence-electron chi connectivity index (χ1n) is 5.00. The fraction of sp³-hybridized carbons (Fsp3) is 0.545. The van der Waals surface area contributed by atoms with Gasteiger partial charge in [0.05, 0.1) is 0 Å². The van der Waals surface area contributed by atoms with Crippen LogP contribution in [-0.2, 0) is 12.8 Å². The van der Waals surface area contributed by atoms with Gasteiger partial charge in [-0.2, -0.15) is 0 Å². The summed E-state index contributed by atoms with van der Waals surface area (Å²) in [6.07, 6.45) is 9.81. The summed E-state index contributed by atoms with van der Waals surface area (Å²) in [6, 6.07) is 2.13. The molecule has 2 rings (SSSR count). The molecule has 0 N–H and O–H groups in total. The number of nitrogens with zero attached hydrogens (tertiary/aromatic N) is 1. The maximum atomic E-state index is 4.48. The minimum Gasteiger partial charge on any atom is -0.261 e. The zero-order chi connectivity index (χ0) is 9.10. The van der Waals surface area contributed by atoms with E-state index in [0.29, 0.717) is 0 Å². The Bertz CT molecular complexity index is 296. The molecule has 1 aromatic rings. The van der Waals surface area contributed by atoms with Crippen molar-refractivity contribution in [3.8, 4) is 0 Å². The molecule has 2 heteroatoms. The Morgan fingerprint density at radius 3 is 2.69 bits per heavy atom. The van der Waals surface area contributed by atoms with Crippen LogP contribution in [-0.4, -0.2) is 4.98 Å². The third-order valence-corrected chi connectivity index (χ3v) is 3.69. The van der Waals surface area contributed by atoms with E-state index in [9.17, 15) is 0 Å². The lowest BCUT2D eigenvalue weighted by atomic mass is 9.97. The zero-order valence-corrected chi connectivity index (χ0v) is 9.88. The van der Waals surface area contributed by atoms with Gasteiger partial charge in [-0.3, -0.25) is 4.98 Å². The molecule has 1 heterocycles. The van der Waals surface area contributed by atoms with Crippen LogP contribution in [0, 0.1) is 3.57 Å². The number of hydrogen-bond acceptors (Lipinski definition) is 1. The van der Waals surface area contributed by atoms with Gasteiger partial charge in [-0.15, -0.1) is 0 Å². The molecular formula is C11H14IN. The average Bonchev–Trinajstić information content (AvgIpc) is 2.07. The first-order valence-corrected chi connectivity index (χ1v) is 6.08. The Morgan fingerprint density at radius 1 is 1.08 bits per heavy atom. The summed E-state index contributed by atoms with van der Waals surface area (Å²) < 4.78 is 1.41. The van der Waals surface area contributed by atoms with E-state index in [4.69, 9.17) is 0 Å². The quantitative estimate of drug-likeness (QED) is 0.667. The van der Waals surface area contributed by atoms with E-state index in [0.717, 1.165) is 0 Å². The highest BCUT2D eigenvalue weighted by molar-refractivity contribution is 14.1. The zero-order valence-electron chi connectivity index (χ0n) is 7.72. The first-order chi connectivity index (χ1) is 6.38. The van der Waals surface area contributed by atoms with E-state index in [2.05, 4.69) is 33.6 Å². The van der Waals surface area contributed by atoms with E-state index >= 15 is 0 Å². The van der Waals surface area contributed by atoms with Crippen LogP contribution in [0.2, 0.25) is 0 Å². The summed E-state index contributed by atoms with van der Waals surface area (Å²) in [4.78, 5) is 4.48. The van der Waals surface area contributed by atoms with Crippen LogP contribution in [0.15, 0.2) is 12.3 Å². The highest BCUT2D eigenvalue weighted by atomic mass is 127. The maximum Gasteiger partial charge on any atom is 0.0446 e. The molecule has 0 saturated carbocycles. The van der Waals surface area contributed by atoms with Gasteiger partial charge < -0.3 is 0 Å². The molecule has 0 fully saturated rings. The molecule has 0 spiro atoms. The largest absolute Gasteiger partial charge is 0.261 e. The van der Waals surface area contributed by atoms with Crippen LogP contribution in [0.4, 0.5) is 0 Å². The molecular weight excluding hydrogens is 273 g/mol. The van der Waals surface area contributed by atoms with Crippen LogP contribution < -0.4 is 0 Å². The summed E-state index contributed by atoms with van der Waals surface area (Å²) in [5, 5.41) is 0. The number of hydrogen-bond donors (Lipinski definition) is 0. The minimum absolute atomic E-state index is 1.19. The molecule has 0 aromatic carbocycles. The molecule has 0 saturated heterocycles. The molecule has 70 valence electrons. The molecule has 0 atom stereocenters. The number of halogens is 1. The highest BCUT2D eigenvalue weighted by Gasteiger charge is 2.09. The molecule has 13 heavy (non-hydrogen) atoms. The summed E-state index contributed by atoms with van der Waals surface area (Å²) >= 11 is 2.43. The minimum atomic E-state index is 1.19. The van der Waals surface area contributed by atoms with Gasteiger partial charge in [-0.25, -0.2) is 0 Å². The summed E-state index contributed by atoms with van der Waals surface area (Å²) in [6.45, 7) is 0. The molecule has 0 unspecified atom stereocenters. The lowest BCUT2D eigenvalue weighted by Gasteiger charge is -2.13. The SMILES string of the molecule is Ic1ccnc2c1CCCCCC2. The summed E-state index contributed by atoms with van der Waals surface area (Å²) in [5.41, 5.74) is 2.87. The Hall–Kier alpha value is -0.120. The van der Waals surface area contributed by atoms with Gasteiger partial charge in [0.15, 0.2) is 0 Å². The third-order valence-electron chi connectivity index (χ3n) is 2.68. The molecule has 0 amide bonds. The molecule has 1 aromatic heterocycles. The second kappa shape index (κ2) is 4.40. The van der Waals surface area contributed by atoms with Crippen molar-refractivity contribution in [1.29, 1.82) is 0 Å². The lowest BCUT2D eigenvalue weighted by Crippen LogP contribution is -2.04. The molecule has 1 nitrogen and oxygen atoms in total. The monoisotopic (exact) mass is 287 g/mol. The van der Waals surface area contributed by atoms with Crippen molar-refractivity contribution in [2.45, 2.75) is 38.5 Å². The number of aryl methyl sites for hydroxylation is 1.